The molecule has 0 aromatic carbocycles. The smallest absolute Gasteiger partial charge is 0.0897 e. The van der Waals surface area contributed by atoms with Crippen molar-refractivity contribution in [3.05, 3.63) is 16.1 Å². The Morgan fingerprint density at radius 2 is 2.24 bits per heavy atom. The van der Waals surface area contributed by atoms with Gasteiger partial charge in [-0.15, -0.1) is 11.3 Å². The standard InChI is InChI=1S/C17H28N2OS/c1-3-18-16(15-12-19-13(2)21-15)14-7-10-20-17(11-14)8-5-4-6-9-17/h12,14,16,18H,3-11H2,1-2H3. The van der Waals surface area contributed by atoms with Gasteiger partial charge in [-0.1, -0.05) is 26.2 Å². The number of aryl methyl sites for hydroxylation is 1. The largest absolute Gasteiger partial charge is 0.375 e. The highest BCUT2D eigenvalue weighted by Crippen LogP contribution is 2.44. The fourth-order valence-electron chi connectivity index (χ4n) is 4.14. The van der Waals surface area contributed by atoms with Crippen LogP contribution in [0.1, 0.15) is 67.8 Å². The van der Waals surface area contributed by atoms with E-state index in [9.17, 15) is 0 Å². The van der Waals surface area contributed by atoms with Crippen LogP contribution < -0.4 is 5.32 Å². The van der Waals surface area contributed by atoms with Crippen LogP contribution in [0.15, 0.2) is 6.20 Å². The fraction of sp³-hybridized carbons (Fsp3) is 0.824. The molecule has 2 atom stereocenters. The molecule has 118 valence electrons. The van der Waals surface area contributed by atoms with Gasteiger partial charge in [-0.25, -0.2) is 4.98 Å². The van der Waals surface area contributed by atoms with Crippen LogP contribution in [0.5, 0.6) is 0 Å². The van der Waals surface area contributed by atoms with Gasteiger partial charge in [0.05, 0.1) is 10.6 Å². The summed E-state index contributed by atoms with van der Waals surface area (Å²) in [6, 6.07) is 0.462. The van der Waals surface area contributed by atoms with E-state index in [-0.39, 0.29) is 5.60 Å². The van der Waals surface area contributed by atoms with E-state index < -0.39 is 0 Å². The number of nitrogens with zero attached hydrogens (tertiary/aromatic N) is 1. The summed E-state index contributed by atoms with van der Waals surface area (Å²) in [6.07, 6.45) is 11.1. The molecule has 0 amide bonds. The summed E-state index contributed by atoms with van der Waals surface area (Å²) in [6.45, 7) is 6.26. The molecular formula is C17H28N2OS. The predicted octanol–water partition coefficient (Wildman–Crippen LogP) is 4.23. The molecule has 1 aromatic heterocycles. The Balaban J connectivity index is 1.75. The Bertz CT molecular complexity index is 448. The van der Waals surface area contributed by atoms with Crippen LogP contribution in [0.4, 0.5) is 0 Å². The lowest BCUT2D eigenvalue weighted by Crippen LogP contribution is -2.44. The highest BCUT2D eigenvalue weighted by Gasteiger charge is 2.41. The average molecular weight is 308 g/mol. The van der Waals surface area contributed by atoms with E-state index in [0.717, 1.165) is 13.2 Å². The Morgan fingerprint density at radius 3 is 2.90 bits per heavy atom. The molecule has 2 fully saturated rings. The predicted molar refractivity (Wildman–Crippen MR) is 87.8 cm³/mol. The SMILES string of the molecule is CCNC(c1cnc(C)s1)C1CCOC2(CCCCC2)C1. The molecule has 2 aliphatic rings. The molecule has 1 aromatic rings. The lowest BCUT2D eigenvalue weighted by Gasteiger charge is -2.45. The third-order valence-electron chi connectivity index (χ3n) is 5.14. The summed E-state index contributed by atoms with van der Waals surface area (Å²) in [5.74, 6) is 0.691. The van der Waals surface area contributed by atoms with Crippen molar-refractivity contribution in [2.75, 3.05) is 13.2 Å². The van der Waals surface area contributed by atoms with Gasteiger partial charge in [0.25, 0.3) is 0 Å². The van der Waals surface area contributed by atoms with Gasteiger partial charge in [0.15, 0.2) is 0 Å². The zero-order chi connectivity index (χ0) is 14.7. The number of hydrogen-bond donors (Lipinski definition) is 1. The van der Waals surface area contributed by atoms with Crippen LogP contribution >= 0.6 is 11.3 Å². The Morgan fingerprint density at radius 1 is 1.43 bits per heavy atom. The minimum atomic E-state index is 0.189. The lowest BCUT2D eigenvalue weighted by molar-refractivity contribution is -0.121. The van der Waals surface area contributed by atoms with Gasteiger partial charge in [0, 0.05) is 23.7 Å². The van der Waals surface area contributed by atoms with E-state index in [1.807, 2.05) is 11.3 Å². The summed E-state index contributed by atoms with van der Waals surface area (Å²) >= 11 is 1.85. The van der Waals surface area contributed by atoms with Gasteiger partial charge in [-0.05, 0) is 45.1 Å². The minimum absolute atomic E-state index is 0.189. The quantitative estimate of drug-likeness (QED) is 0.903. The second-order valence-electron chi connectivity index (χ2n) is 6.66. The van der Waals surface area contributed by atoms with Gasteiger partial charge in [-0.2, -0.15) is 0 Å². The summed E-state index contributed by atoms with van der Waals surface area (Å²) in [5.41, 5.74) is 0.189. The number of aromatic nitrogens is 1. The van der Waals surface area contributed by atoms with Gasteiger partial charge < -0.3 is 10.1 Å². The van der Waals surface area contributed by atoms with Crippen LogP contribution in [0.3, 0.4) is 0 Å². The van der Waals surface area contributed by atoms with Crippen LogP contribution in [0.2, 0.25) is 0 Å². The van der Waals surface area contributed by atoms with Crippen molar-refractivity contribution in [2.45, 2.75) is 70.4 Å². The van der Waals surface area contributed by atoms with E-state index in [1.54, 1.807) is 0 Å². The molecule has 3 nitrogen and oxygen atoms in total. The first-order chi connectivity index (χ1) is 10.2. The van der Waals surface area contributed by atoms with Crippen molar-refractivity contribution in [3.8, 4) is 0 Å². The topological polar surface area (TPSA) is 34.2 Å². The van der Waals surface area contributed by atoms with Gasteiger partial charge in [0.1, 0.15) is 0 Å². The first-order valence-corrected chi connectivity index (χ1v) is 9.34. The molecule has 0 radical (unpaired) electrons. The zero-order valence-corrected chi connectivity index (χ0v) is 14.2. The average Bonchev–Trinajstić information content (AvgIpc) is 2.92. The molecule has 2 heterocycles. The molecule has 0 bridgehead atoms. The molecule has 1 aliphatic heterocycles. The van der Waals surface area contributed by atoms with E-state index >= 15 is 0 Å². The summed E-state index contributed by atoms with van der Waals surface area (Å²) in [4.78, 5) is 5.88. The molecule has 3 rings (SSSR count). The van der Waals surface area contributed by atoms with Crippen molar-refractivity contribution in [2.24, 2.45) is 5.92 Å². The number of ether oxygens (including phenoxy) is 1. The zero-order valence-electron chi connectivity index (χ0n) is 13.4. The number of rotatable bonds is 4. The molecule has 1 N–H and O–H groups in total. The third-order valence-corrected chi connectivity index (χ3v) is 6.13. The van der Waals surface area contributed by atoms with E-state index in [2.05, 4.69) is 30.3 Å². The molecule has 1 aliphatic carbocycles. The molecule has 1 spiro atoms. The Kier molecular flexibility index (Phi) is 4.97. The van der Waals surface area contributed by atoms with E-state index in [4.69, 9.17) is 4.74 Å². The molecule has 2 unspecified atom stereocenters. The van der Waals surface area contributed by atoms with Gasteiger partial charge in [0.2, 0.25) is 0 Å². The normalized spacial score (nSPS) is 26.9. The van der Waals surface area contributed by atoms with Crippen molar-refractivity contribution in [3.63, 3.8) is 0 Å². The first-order valence-electron chi connectivity index (χ1n) is 8.52. The monoisotopic (exact) mass is 308 g/mol. The first kappa shape index (κ1) is 15.4. The van der Waals surface area contributed by atoms with Crippen LogP contribution in [-0.4, -0.2) is 23.7 Å². The highest BCUT2D eigenvalue weighted by atomic mass is 32.1. The molecule has 1 saturated heterocycles. The number of hydrogen-bond acceptors (Lipinski definition) is 4. The lowest BCUT2D eigenvalue weighted by atomic mass is 9.74. The molecule has 4 heteroatoms. The highest BCUT2D eigenvalue weighted by molar-refractivity contribution is 7.11. The summed E-state index contributed by atoms with van der Waals surface area (Å²) in [7, 11) is 0. The van der Waals surface area contributed by atoms with Crippen LogP contribution in [-0.2, 0) is 4.74 Å². The van der Waals surface area contributed by atoms with E-state index in [1.165, 1.54) is 54.8 Å². The van der Waals surface area contributed by atoms with Gasteiger partial charge in [-0.3, -0.25) is 0 Å². The van der Waals surface area contributed by atoms with Gasteiger partial charge >= 0.3 is 0 Å². The van der Waals surface area contributed by atoms with Crippen molar-refractivity contribution >= 4 is 11.3 Å². The van der Waals surface area contributed by atoms with Crippen molar-refractivity contribution in [1.82, 2.24) is 10.3 Å². The maximum atomic E-state index is 6.27. The molecular weight excluding hydrogens is 280 g/mol. The second-order valence-corrected chi connectivity index (χ2v) is 7.93. The maximum absolute atomic E-state index is 6.27. The number of nitrogens with one attached hydrogen (secondary N) is 1. The Hall–Kier alpha value is -0.450. The fourth-order valence-corrected chi connectivity index (χ4v) is 5.09. The summed E-state index contributed by atoms with van der Waals surface area (Å²) in [5, 5.41) is 4.89. The number of thiazole rings is 1. The minimum Gasteiger partial charge on any atom is -0.375 e. The van der Waals surface area contributed by atoms with Crippen molar-refractivity contribution < 1.29 is 4.74 Å². The Labute approximate surface area is 132 Å². The molecule has 1 saturated carbocycles. The molecule has 21 heavy (non-hydrogen) atoms. The second kappa shape index (κ2) is 6.76. The summed E-state index contributed by atoms with van der Waals surface area (Å²) < 4.78 is 6.27. The third kappa shape index (κ3) is 3.49. The van der Waals surface area contributed by atoms with Crippen LogP contribution in [0, 0.1) is 12.8 Å². The van der Waals surface area contributed by atoms with Crippen molar-refractivity contribution in [1.29, 1.82) is 0 Å². The van der Waals surface area contributed by atoms with E-state index in [0.29, 0.717) is 12.0 Å². The maximum Gasteiger partial charge on any atom is 0.0897 e. The van der Waals surface area contributed by atoms with Crippen LogP contribution in [0.25, 0.3) is 0 Å².